The molecule has 2 rings (SSSR count). The van der Waals surface area contributed by atoms with Gasteiger partial charge in [-0.1, -0.05) is 65.0 Å². The van der Waals surface area contributed by atoms with Crippen molar-refractivity contribution in [3.63, 3.8) is 0 Å². The first-order valence-electron chi connectivity index (χ1n) is 8.61. The van der Waals surface area contributed by atoms with Gasteiger partial charge in [0.2, 0.25) is 10.0 Å². The number of sulfonamides is 1. The number of rotatable bonds is 6. The van der Waals surface area contributed by atoms with E-state index in [0.717, 1.165) is 11.1 Å². The molecule has 0 unspecified atom stereocenters. The van der Waals surface area contributed by atoms with Crippen molar-refractivity contribution in [2.75, 3.05) is 20.2 Å². The highest BCUT2D eigenvalue weighted by atomic mass is 32.2. The van der Waals surface area contributed by atoms with Crippen LogP contribution in [0.25, 0.3) is 0 Å². The van der Waals surface area contributed by atoms with Crippen molar-refractivity contribution in [2.45, 2.75) is 18.7 Å². The molecule has 0 saturated carbocycles. The van der Waals surface area contributed by atoms with E-state index in [2.05, 4.69) is 28.8 Å². The van der Waals surface area contributed by atoms with Crippen molar-refractivity contribution in [3.05, 3.63) is 65.7 Å². The number of hydrogen-bond acceptors (Lipinski definition) is 4. The molecule has 2 aromatic rings. The molecule has 0 aliphatic carbocycles. The molecule has 0 heterocycles. The summed E-state index contributed by atoms with van der Waals surface area (Å²) in [6.07, 6.45) is 0. The Labute approximate surface area is 167 Å². The van der Waals surface area contributed by atoms with E-state index >= 15 is 0 Å². The zero-order valence-corrected chi connectivity index (χ0v) is 17.0. The van der Waals surface area contributed by atoms with Crippen LogP contribution in [0.15, 0.2) is 64.6 Å². The first-order valence-corrected chi connectivity index (χ1v) is 10.0. The van der Waals surface area contributed by atoms with E-state index in [9.17, 15) is 8.42 Å². The van der Waals surface area contributed by atoms with E-state index in [1.807, 2.05) is 37.3 Å². The van der Waals surface area contributed by atoms with Crippen molar-refractivity contribution in [2.24, 2.45) is 5.16 Å². The Hall–Kier alpha value is -3.06. The number of oxime groups is 1. The number of nitrogens with zero attached hydrogens (tertiary/aromatic N) is 2. The molecule has 0 aromatic heterocycles. The van der Waals surface area contributed by atoms with E-state index in [1.165, 1.54) is 11.4 Å². The molecule has 0 fully saturated rings. The molecule has 6 heteroatoms. The molecule has 0 aliphatic rings. The quantitative estimate of drug-likeness (QED) is 0.430. The molecular weight excluding hydrogens is 372 g/mol. The fourth-order valence-corrected chi connectivity index (χ4v) is 3.55. The van der Waals surface area contributed by atoms with Gasteiger partial charge in [0, 0.05) is 5.56 Å². The summed E-state index contributed by atoms with van der Waals surface area (Å²) in [4.78, 5) is 5.07. The van der Waals surface area contributed by atoms with Crippen LogP contribution in [-0.2, 0) is 14.9 Å². The fourth-order valence-electron chi connectivity index (χ4n) is 2.30. The van der Waals surface area contributed by atoms with Crippen LogP contribution in [0.5, 0.6) is 0 Å². The third-order valence-electron chi connectivity index (χ3n) is 3.78. The number of aryl methyl sites for hydroxylation is 1. The monoisotopic (exact) mass is 394 g/mol. The number of hydrogen-bond donors (Lipinski definition) is 0. The zero-order valence-electron chi connectivity index (χ0n) is 16.1. The first kappa shape index (κ1) is 21.2. The van der Waals surface area contributed by atoms with Crippen molar-refractivity contribution in [1.82, 2.24) is 4.31 Å². The third kappa shape index (κ3) is 5.72. The lowest BCUT2D eigenvalue weighted by molar-refractivity contribution is 0.214. The predicted molar refractivity (Wildman–Crippen MR) is 111 cm³/mol. The van der Waals surface area contributed by atoms with Gasteiger partial charge in [-0.2, -0.15) is 4.31 Å². The summed E-state index contributed by atoms with van der Waals surface area (Å²) < 4.78 is 27.2. The lowest BCUT2D eigenvalue weighted by Gasteiger charge is -2.17. The summed E-state index contributed by atoms with van der Waals surface area (Å²) in [5.74, 6) is 11.3. The molecule has 28 heavy (non-hydrogen) atoms. The summed E-state index contributed by atoms with van der Waals surface area (Å²) in [5.41, 5.74) is 2.21. The Bertz CT molecular complexity index is 1040. The standard InChI is InChI=1S/C22H22N2O3S/c1-4-5-17-24(28(25,26)21-15-13-19(2)14-16-21)18-9-12-22(23-27-3)20-10-7-6-8-11-20/h6-8,10-11,13-16H,17-18H2,1-3H3/b23-22-. The molecular formula is C22H22N2O3S. The highest BCUT2D eigenvalue weighted by molar-refractivity contribution is 7.89. The van der Waals surface area contributed by atoms with Crippen LogP contribution in [0.3, 0.4) is 0 Å². The lowest BCUT2D eigenvalue weighted by atomic mass is 10.1. The smallest absolute Gasteiger partial charge is 0.244 e. The molecule has 0 N–H and O–H groups in total. The summed E-state index contributed by atoms with van der Waals surface area (Å²) in [6, 6.07) is 16.0. The van der Waals surface area contributed by atoms with Crippen LogP contribution in [0.2, 0.25) is 0 Å². The van der Waals surface area contributed by atoms with Gasteiger partial charge in [0.15, 0.2) is 5.71 Å². The Morgan fingerprint density at radius 2 is 1.68 bits per heavy atom. The average Bonchev–Trinajstić information content (AvgIpc) is 2.70. The van der Waals surface area contributed by atoms with Gasteiger partial charge < -0.3 is 4.84 Å². The van der Waals surface area contributed by atoms with Crippen molar-refractivity contribution in [1.29, 1.82) is 0 Å². The average molecular weight is 394 g/mol. The van der Waals surface area contributed by atoms with Crippen LogP contribution in [0.4, 0.5) is 0 Å². The van der Waals surface area contributed by atoms with E-state index in [0.29, 0.717) is 5.71 Å². The molecule has 0 bridgehead atoms. The zero-order chi connectivity index (χ0) is 20.4. The van der Waals surface area contributed by atoms with E-state index in [1.54, 1.807) is 31.2 Å². The van der Waals surface area contributed by atoms with Gasteiger partial charge in [-0.25, -0.2) is 8.42 Å². The second kappa shape index (κ2) is 10.3. The minimum Gasteiger partial charge on any atom is -0.398 e. The van der Waals surface area contributed by atoms with Gasteiger partial charge in [-0.3, -0.25) is 0 Å². The van der Waals surface area contributed by atoms with Crippen LogP contribution < -0.4 is 0 Å². The molecule has 0 spiro atoms. The van der Waals surface area contributed by atoms with Crippen LogP contribution in [-0.4, -0.2) is 38.6 Å². The fraction of sp³-hybridized carbons (Fsp3) is 0.227. The van der Waals surface area contributed by atoms with Gasteiger partial charge in [-0.05, 0) is 31.9 Å². The Morgan fingerprint density at radius 3 is 2.29 bits per heavy atom. The van der Waals surface area contributed by atoms with Gasteiger partial charge in [0.05, 0.1) is 18.0 Å². The Morgan fingerprint density at radius 1 is 1.04 bits per heavy atom. The SMILES string of the molecule is CC#CCN(CC#C/C(=N/OC)c1ccccc1)S(=O)(=O)c1ccc(C)cc1. The minimum absolute atomic E-state index is 0.0134. The second-order valence-corrected chi connectivity index (χ2v) is 7.74. The second-order valence-electron chi connectivity index (χ2n) is 5.80. The molecule has 5 nitrogen and oxygen atoms in total. The predicted octanol–water partition coefficient (Wildman–Crippen LogP) is 3.06. The summed E-state index contributed by atoms with van der Waals surface area (Å²) >= 11 is 0. The maximum atomic E-state index is 13.0. The Balaban J connectivity index is 2.30. The molecule has 0 saturated heterocycles. The molecule has 144 valence electrons. The van der Waals surface area contributed by atoms with Gasteiger partial charge in [0.25, 0.3) is 0 Å². The Kier molecular flexibility index (Phi) is 7.83. The molecule has 0 atom stereocenters. The topological polar surface area (TPSA) is 59.0 Å². The molecule has 2 aromatic carbocycles. The van der Waals surface area contributed by atoms with E-state index in [-0.39, 0.29) is 18.0 Å². The normalized spacial score (nSPS) is 11.2. The lowest BCUT2D eigenvalue weighted by Crippen LogP contribution is -2.32. The first-order chi connectivity index (χ1) is 13.5. The molecule has 0 amide bonds. The number of benzene rings is 2. The van der Waals surface area contributed by atoms with Crippen LogP contribution >= 0.6 is 0 Å². The summed E-state index contributed by atoms with van der Waals surface area (Å²) in [7, 11) is -2.27. The highest BCUT2D eigenvalue weighted by Gasteiger charge is 2.22. The molecule has 0 radical (unpaired) electrons. The van der Waals surface area contributed by atoms with Crippen molar-refractivity contribution >= 4 is 15.7 Å². The summed E-state index contributed by atoms with van der Waals surface area (Å²) in [6.45, 7) is 3.62. The van der Waals surface area contributed by atoms with Crippen LogP contribution in [0.1, 0.15) is 18.1 Å². The van der Waals surface area contributed by atoms with Gasteiger partial charge in [0.1, 0.15) is 7.11 Å². The van der Waals surface area contributed by atoms with E-state index in [4.69, 9.17) is 4.84 Å². The van der Waals surface area contributed by atoms with Gasteiger partial charge >= 0.3 is 0 Å². The van der Waals surface area contributed by atoms with Crippen molar-refractivity contribution < 1.29 is 13.3 Å². The van der Waals surface area contributed by atoms with E-state index < -0.39 is 10.0 Å². The van der Waals surface area contributed by atoms with Gasteiger partial charge in [-0.15, -0.1) is 5.92 Å². The maximum Gasteiger partial charge on any atom is 0.244 e. The molecule has 0 aliphatic heterocycles. The minimum atomic E-state index is -3.71. The maximum absolute atomic E-state index is 13.0. The third-order valence-corrected chi connectivity index (χ3v) is 5.59. The largest absolute Gasteiger partial charge is 0.398 e. The summed E-state index contributed by atoms with van der Waals surface area (Å²) in [5, 5.41) is 3.93. The van der Waals surface area contributed by atoms with Crippen molar-refractivity contribution in [3.8, 4) is 23.7 Å². The highest BCUT2D eigenvalue weighted by Crippen LogP contribution is 2.15. The van der Waals surface area contributed by atoms with Crippen LogP contribution in [0, 0.1) is 30.6 Å².